The number of pyridine rings is 1. The molecular weight excluding hydrogens is 366 g/mol. The van der Waals surface area contributed by atoms with E-state index in [-0.39, 0.29) is 6.10 Å². The van der Waals surface area contributed by atoms with Gasteiger partial charge in [0.25, 0.3) is 0 Å². The molecule has 158 valence electrons. The van der Waals surface area contributed by atoms with E-state index in [1.54, 1.807) is 5.57 Å². The van der Waals surface area contributed by atoms with E-state index in [2.05, 4.69) is 49.2 Å². The number of aliphatic hydroxyl groups is 1. The summed E-state index contributed by atoms with van der Waals surface area (Å²) in [5.74, 6) is 3.18. The topological polar surface area (TPSA) is 33.1 Å². The molecule has 1 heterocycles. The molecule has 30 heavy (non-hydrogen) atoms. The van der Waals surface area contributed by atoms with Crippen LogP contribution in [-0.4, -0.2) is 16.2 Å². The zero-order chi connectivity index (χ0) is 20.5. The summed E-state index contributed by atoms with van der Waals surface area (Å²) in [4.78, 5) is 4.36. The molecule has 0 bridgehead atoms. The van der Waals surface area contributed by atoms with Crippen LogP contribution in [0.15, 0.2) is 48.3 Å². The fraction of sp³-hybridized carbons (Fsp3) is 0.607. The van der Waals surface area contributed by atoms with Crippen molar-refractivity contribution in [3.8, 4) is 0 Å². The summed E-state index contributed by atoms with van der Waals surface area (Å²) in [7, 11) is 0. The van der Waals surface area contributed by atoms with Crippen molar-refractivity contribution in [3.05, 3.63) is 53.9 Å². The molecule has 0 saturated heterocycles. The number of hydrogen-bond acceptors (Lipinski definition) is 2. The molecule has 0 aliphatic heterocycles. The minimum absolute atomic E-state index is 0.104. The minimum atomic E-state index is -0.104. The van der Waals surface area contributed by atoms with Crippen molar-refractivity contribution >= 4 is 10.8 Å². The number of hydrogen-bond donors (Lipinski definition) is 1. The van der Waals surface area contributed by atoms with Gasteiger partial charge < -0.3 is 5.11 Å². The number of aliphatic hydroxyl groups excluding tert-OH is 1. The highest BCUT2D eigenvalue weighted by atomic mass is 16.3. The van der Waals surface area contributed by atoms with Crippen LogP contribution < -0.4 is 0 Å². The van der Waals surface area contributed by atoms with Gasteiger partial charge >= 0.3 is 0 Å². The number of benzene rings is 1. The molecule has 1 N–H and O–H groups in total. The van der Waals surface area contributed by atoms with Crippen LogP contribution in [0, 0.1) is 28.6 Å². The minimum Gasteiger partial charge on any atom is -0.393 e. The van der Waals surface area contributed by atoms with E-state index >= 15 is 0 Å². The Balaban J connectivity index is 1.33. The van der Waals surface area contributed by atoms with Crippen LogP contribution in [0.1, 0.15) is 76.7 Å². The Morgan fingerprint density at radius 3 is 2.77 bits per heavy atom. The third-order valence-corrected chi connectivity index (χ3v) is 10.1. The van der Waals surface area contributed by atoms with Crippen LogP contribution in [0.25, 0.3) is 10.8 Å². The van der Waals surface area contributed by atoms with Gasteiger partial charge in [0.15, 0.2) is 0 Å². The standard InChI is InChI=1S/C28H35NO/c1-27-12-9-22(30)16-21(27)5-6-23-25-8-7-24(28(25,2)13-10-26(23)27)19-4-3-18-11-14-29-17-20(18)15-19/h3-5,11,14-15,17,22-26,30H,6-10,12-13,16H2,1-2H3/t22-,23+,24-,25+,26+,27+,28-/m1/s1. The average molecular weight is 402 g/mol. The largest absolute Gasteiger partial charge is 0.393 e. The molecule has 3 fully saturated rings. The first-order valence-corrected chi connectivity index (χ1v) is 12.2. The SMILES string of the molecule is C[C@]12CC[C@H]3[C@@H](CC=C4C[C@H](O)CC[C@@]43C)[C@@H]1CC[C@@H]2c1ccc2ccncc2c1. The lowest BCUT2D eigenvalue weighted by atomic mass is 9.47. The molecule has 0 unspecified atom stereocenters. The van der Waals surface area contributed by atoms with Crippen LogP contribution in [0.2, 0.25) is 0 Å². The van der Waals surface area contributed by atoms with Gasteiger partial charge in [-0.2, -0.15) is 0 Å². The predicted octanol–water partition coefficient (Wildman–Crippen LogP) is 6.64. The fourth-order valence-electron chi connectivity index (χ4n) is 8.51. The van der Waals surface area contributed by atoms with Crippen LogP contribution in [0.5, 0.6) is 0 Å². The first-order chi connectivity index (χ1) is 14.5. The number of allylic oxidation sites excluding steroid dienone is 1. The molecule has 0 radical (unpaired) electrons. The normalized spacial score (nSPS) is 42.9. The van der Waals surface area contributed by atoms with Gasteiger partial charge in [0.05, 0.1) is 6.10 Å². The summed E-state index contributed by atoms with van der Waals surface area (Å²) >= 11 is 0. The van der Waals surface area contributed by atoms with E-state index in [9.17, 15) is 5.11 Å². The van der Waals surface area contributed by atoms with Gasteiger partial charge in [-0.25, -0.2) is 0 Å². The van der Waals surface area contributed by atoms with E-state index in [1.807, 2.05) is 12.4 Å². The maximum absolute atomic E-state index is 10.2. The van der Waals surface area contributed by atoms with E-state index in [0.717, 1.165) is 30.6 Å². The summed E-state index contributed by atoms with van der Waals surface area (Å²) in [6.07, 6.45) is 16.2. The van der Waals surface area contributed by atoms with Crippen molar-refractivity contribution in [1.29, 1.82) is 0 Å². The fourth-order valence-corrected chi connectivity index (χ4v) is 8.51. The quantitative estimate of drug-likeness (QED) is 0.543. The molecule has 0 spiro atoms. The highest BCUT2D eigenvalue weighted by molar-refractivity contribution is 5.82. The Hall–Kier alpha value is -1.67. The Labute approximate surface area is 180 Å². The van der Waals surface area contributed by atoms with E-state index < -0.39 is 0 Å². The number of aromatic nitrogens is 1. The average Bonchev–Trinajstić information content (AvgIpc) is 3.11. The summed E-state index contributed by atoms with van der Waals surface area (Å²) < 4.78 is 0. The van der Waals surface area contributed by atoms with Crippen molar-refractivity contribution in [2.75, 3.05) is 0 Å². The van der Waals surface area contributed by atoms with Gasteiger partial charge in [-0.05, 0) is 109 Å². The van der Waals surface area contributed by atoms with Crippen LogP contribution in [0.3, 0.4) is 0 Å². The molecule has 6 rings (SSSR count). The second kappa shape index (κ2) is 6.66. The molecular formula is C28H35NO. The number of fused-ring (bicyclic) bond motifs is 6. The second-order valence-electron chi connectivity index (χ2n) is 11.3. The highest BCUT2D eigenvalue weighted by Crippen LogP contribution is 2.68. The van der Waals surface area contributed by atoms with Gasteiger partial charge in [-0.1, -0.05) is 37.6 Å². The molecule has 2 aromatic rings. The van der Waals surface area contributed by atoms with Gasteiger partial charge in [-0.15, -0.1) is 0 Å². The molecule has 4 aliphatic carbocycles. The first-order valence-electron chi connectivity index (χ1n) is 12.2. The van der Waals surface area contributed by atoms with E-state index in [4.69, 9.17) is 0 Å². The van der Waals surface area contributed by atoms with Crippen molar-refractivity contribution in [1.82, 2.24) is 4.98 Å². The zero-order valence-electron chi connectivity index (χ0n) is 18.5. The molecule has 1 aromatic heterocycles. The van der Waals surface area contributed by atoms with Gasteiger partial charge in [0.2, 0.25) is 0 Å². The van der Waals surface area contributed by atoms with Crippen molar-refractivity contribution < 1.29 is 5.11 Å². The molecule has 1 aromatic carbocycles. The predicted molar refractivity (Wildman–Crippen MR) is 122 cm³/mol. The van der Waals surface area contributed by atoms with E-state index in [0.29, 0.717) is 16.7 Å². The van der Waals surface area contributed by atoms with Crippen molar-refractivity contribution in [2.24, 2.45) is 28.6 Å². The van der Waals surface area contributed by atoms with Gasteiger partial charge in [0, 0.05) is 17.8 Å². The molecule has 2 heteroatoms. The lowest BCUT2D eigenvalue weighted by molar-refractivity contribution is -0.0409. The maximum atomic E-state index is 10.2. The monoisotopic (exact) mass is 401 g/mol. The molecule has 2 nitrogen and oxygen atoms in total. The highest BCUT2D eigenvalue weighted by Gasteiger charge is 2.58. The van der Waals surface area contributed by atoms with Crippen molar-refractivity contribution in [2.45, 2.75) is 77.2 Å². The summed E-state index contributed by atoms with van der Waals surface area (Å²) in [6.45, 7) is 5.15. The second-order valence-corrected chi connectivity index (χ2v) is 11.3. The molecule has 7 atom stereocenters. The third-order valence-electron chi connectivity index (χ3n) is 10.1. The van der Waals surface area contributed by atoms with Crippen LogP contribution >= 0.6 is 0 Å². The number of nitrogens with zero attached hydrogens (tertiary/aromatic N) is 1. The van der Waals surface area contributed by atoms with E-state index in [1.165, 1.54) is 54.9 Å². The lowest BCUT2D eigenvalue weighted by Gasteiger charge is -2.58. The Morgan fingerprint density at radius 1 is 0.967 bits per heavy atom. The van der Waals surface area contributed by atoms with Crippen LogP contribution in [-0.2, 0) is 0 Å². The van der Waals surface area contributed by atoms with Crippen molar-refractivity contribution in [3.63, 3.8) is 0 Å². The summed E-state index contributed by atoms with van der Waals surface area (Å²) in [6, 6.07) is 9.25. The van der Waals surface area contributed by atoms with Gasteiger partial charge in [0.1, 0.15) is 0 Å². The Morgan fingerprint density at radius 2 is 1.87 bits per heavy atom. The Bertz CT molecular complexity index is 1010. The van der Waals surface area contributed by atoms with Crippen LogP contribution in [0.4, 0.5) is 0 Å². The lowest BCUT2D eigenvalue weighted by Crippen LogP contribution is -2.50. The summed E-state index contributed by atoms with van der Waals surface area (Å²) in [5.41, 5.74) is 3.89. The third kappa shape index (κ3) is 2.62. The Kier molecular flexibility index (Phi) is 4.23. The molecule has 0 amide bonds. The number of rotatable bonds is 1. The van der Waals surface area contributed by atoms with Gasteiger partial charge in [-0.3, -0.25) is 4.98 Å². The molecule has 4 aliphatic rings. The first kappa shape index (κ1) is 19.0. The smallest absolute Gasteiger partial charge is 0.0577 e. The molecule has 3 saturated carbocycles. The maximum Gasteiger partial charge on any atom is 0.0577 e. The zero-order valence-corrected chi connectivity index (χ0v) is 18.5. The summed E-state index contributed by atoms with van der Waals surface area (Å²) in [5, 5.41) is 12.8.